The molecule has 0 bridgehead atoms. The van der Waals surface area contributed by atoms with Gasteiger partial charge in [0.25, 0.3) is 0 Å². The molecule has 0 atom stereocenters. The van der Waals surface area contributed by atoms with E-state index >= 15 is 0 Å². The third-order valence-electron chi connectivity index (χ3n) is 2.44. The molecule has 1 aromatic rings. The van der Waals surface area contributed by atoms with E-state index in [-0.39, 0.29) is 19.6 Å². The van der Waals surface area contributed by atoms with Crippen molar-refractivity contribution in [2.75, 3.05) is 13.2 Å². The molecule has 5 nitrogen and oxygen atoms in total. The molecule has 0 spiro atoms. The smallest absolute Gasteiger partial charge is 0.320 e. The van der Waals surface area contributed by atoms with Gasteiger partial charge in [-0.25, -0.2) is 4.98 Å². The molecule has 20 heavy (non-hydrogen) atoms. The molecule has 7 heteroatoms. The number of hydrogen-bond donors (Lipinski definition) is 0. The van der Waals surface area contributed by atoms with E-state index in [0.717, 1.165) is 10.0 Å². The molecule has 0 saturated carbocycles. The molecule has 0 saturated heterocycles. The van der Waals surface area contributed by atoms with Gasteiger partial charge in [-0.1, -0.05) is 0 Å². The van der Waals surface area contributed by atoms with E-state index in [4.69, 9.17) is 9.47 Å². The maximum absolute atomic E-state index is 11.9. The lowest BCUT2D eigenvalue weighted by molar-refractivity contribution is -0.161. The van der Waals surface area contributed by atoms with Crippen molar-refractivity contribution in [3.05, 3.63) is 26.9 Å². The van der Waals surface area contributed by atoms with Crippen molar-refractivity contribution < 1.29 is 19.1 Å². The molecule has 110 valence electrons. The van der Waals surface area contributed by atoms with Gasteiger partial charge in [0.2, 0.25) is 0 Å². The minimum absolute atomic E-state index is 0.171. The van der Waals surface area contributed by atoms with E-state index in [1.54, 1.807) is 26.1 Å². The summed E-state index contributed by atoms with van der Waals surface area (Å²) in [6.07, 6.45) is 1.79. The molecule has 0 N–H and O–H groups in total. The van der Waals surface area contributed by atoms with Crippen LogP contribution in [0.3, 0.4) is 0 Å². The highest BCUT2D eigenvalue weighted by Gasteiger charge is 2.30. The van der Waals surface area contributed by atoms with E-state index in [1.165, 1.54) is 0 Å². The van der Waals surface area contributed by atoms with Gasteiger partial charge in [0.05, 0.1) is 13.2 Å². The van der Waals surface area contributed by atoms with Gasteiger partial charge in [-0.2, -0.15) is 0 Å². The molecule has 0 aliphatic heterocycles. The summed E-state index contributed by atoms with van der Waals surface area (Å²) in [5.41, 5.74) is 0.727. The number of hydrogen-bond acceptors (Lipinski definition) is 5. The van der Waals surface area contributed by atoms with Gasteiger partial charge in [0, 0.05) is 10.7 Å². The zero-order valence-corrected chi connectivity index (χ0v) is 14.4. The molecular weight excluding hydrogens is 394 g/mol. The van der Waals surface area contributed by atoms with Crippen LogP contribution < -0.4 is 0 Å². The Balaban J connectivity index is 2.96. The standard InChI is InChI=1S/C13H15Br2NO4/c1-3-19-12(17)10(13(18)20-4-2)6-8-5-9(14)7-16-11(8)15/h5,7,10H,3-4,6H2,1-2H3. The lowest BCUT2D eigenvalue weighted by atomic mass is 10.0. The summed E-state index contributed by atoms with van der Waals surface area (Å²) in [4.78, 5) is 27.9. The Hall–Kier alpha value is -0.950. The van der Waals surface area contributed by atoms with Crippen LogP contribution in [0.2, 0.25) is 0 Å². The maximum Gasteiger partial charge on any atom is 0.320 e. The van der Waals surface area contributed by atoms with Crippen LogP contribution in [0.5, 0.6) is 0 Å². The van der Waals surface area contributed by atoms with Crippen molar-refractivity contribution in [3.63, 3.8) is 0 Å². The van der Waals surface area contributed by atoms with Crippen LogP contribution in [0.1, 0.15) is 19.4 Å². The molecule has 0 fully saturated rings. The molecule has 0 unspecified atom stereocenters. The van der Waals surface area contributed by atoms with Crippen molar-refractivity contribution in [3.8, 4) is 0 Å². The van der Waals surface area contributed by atoms with Crippen LogP contribution >= 0.6 is 31.9 Å². The first-order valence-corrected chi connectivity index (χ1v) is 7.71. The predicted octanol–water partition coefficient (Wildman–Crippen LogP) is 2.89. The lowest BCUT2D eigenvalue weighted by Gasteiger charge is -2.15. The highest BCUT2D eigenvalue weighted by atomic mass is 79.9. The monoisotopic (exact) mass is 407 g/mol. The quantitative estimate of drug-likeness (QED) is 0.411. The fraction of sp³-hybridized carbons (Fsp3) is 0.462. The summed E-state index contributed by atoms with van der Waals surface area (Å²) in [6, 6.07) is 1.79. The summed E-state index contributed by atoms with van der Waals surface area (Å²) in [5.74, 6) is -2.15. The normalized spacial score (nSPS) is 10.4. The third kappa shape index (κ3) is 4.86. The first-order chi connectivity index (χ1) is 9.49. The number of aromatic nitrogens is 1. The van der Waals surface area contributed by atoms with Gasteiger partial charge in [-0.3, -0.25) is 9.59 Å². The molecule has 1 aromatic heterocycles. The second-order valence-electron chi connectivity index (χ2n) is 3.86. The predicted molar refractivity (Wildman–Crippen MR) is 80.1 cm³/mol. The van der Waals surface area contributed by atoms with E-state index in [0.29, 0.717) is 4.60 Å². The molecular formula is C13H15Br2NO4. The Kier molecular flexibility index (Phi) is 7.15. The Morgan fingerprint density at radius 2 is 1.75 bits per heavy atom. The van der Waals surface area contributed by atoms with Crippen molar-refractivity contribution in [2.45, 2.75) is 20.3 Å². The Labute approximate surface area is 134 Å². The van der Waals surface area contributed by atoms with Gasteiger partial charge < -0.3 is 9.47 Å². The summed E-state index contributed by atoms with van der Waals surface area (Å²) in [6.45, 7) is 3.81. The highest BCUT2D eigenvalue weighted by Crippen LogP contribution is 2.22. The van der Waals surface area contributed by atoms with Crippen molar-refractivity contribution >= 4 is 43.8 Å². The van der Waals surface area contributed by atoms with Crippen molar-refractivity contribution in [1.82, 2.24) is 4.98 Å². The van der Waals surface area contributed by atoms with Crippen LogP contribution in [0.4, 0.5) is 0 Å². The SMILES string of the molecule is CCOC(=O)C(Cc1cc(Br)cnc1Br)C(=O)OCC. The zero-order chi connectivity index (χ0) is 15.1. The Morgan fingerprint density at radius 3 is 2.25 bits per heavy atom. The number of nitrogens with zero attached hydrogens (tertiary/aromatic N) is 1. The molecule has 1 rings (SSSR count). The first-order valence-electron chi connectivity index (χ1n) is 6.12. The van der Waals surface area contributed by atoms with Crippen LogP contribution in [0.25, 0.3) is 0 Å². The van der Waals surface area contributed by atoms with Gasteiger partial charge in [-0.05, 0) is 63.8 Å². The van der Waals surface area contributed by atoms with E-state index in [2.05, 4.69) is 36.8 Å². The number of esters is 2. The van der Waals surface area contributed by atoms with E-state index < -0.39 is 17.9 Å². The van der Waals surface area contributed by atoms with Crippen LogP contribution in [-0.2, 0) is 25.5 Å². The van der Waals surface area contributed by atoms with E-state index in [9.17, 15) is 9.59 Å². The summed E-state index contributed by atoms with van der Waals surface area (Å²) in [7, 11) is 0. The average Bonchev–Trinajstić information content (AvgIpc) is 2.40. The molecule has 1 heterocycles. The van der Waals surface area contributed by atoms with E-state index in [1.807, 2.05) is 0 Å². The van der Waals surface area contributed by atoms with Crippen molar-refractivity contribution in [1.29, 1.82) is 0 Å². The third-order valence-corrected chi connectivity index (χ3v) is 3.59. The van der Waals surface area contributed by atoms with Gasteiger partial charge in [0.15, 0.2) is 5.92 Å². The topological polar surface area (TPSA) is 65.5 Å². The highest BCUT2D eigenvalue weighted by molar-refractivity contribution is 9.11. The summed E-state index contributed by atoms with van der Waals surface area (Å²) >= 11 is 6.61. The lowest BCUT2D eigenvalue weighted by Crippen LogP contribution is -2.30. The van der Waals surface area contributed by atoms with Crippen LogP contribution in [-0.4, -0.2) is 30.1 Å². The zero-order valence-electron chi connectivity index (χ0n) is 11.2. The first kappa shape index (κ1) is 17.1. The Morgan fingerprint density at radius 1 is 1.20 bits per heavy atom. The largest absolute Gasteiger partial charge is 0.465 e. The summed E-state index contributed by atoms with van der Waals surface area (Å²) in [5, 5.41) is 0. The van der Waals surface area contributed by atoms with Crippen LogP contribution in [0.15, 0.2) is 21.3 Å². The maximum atomic E-state index is 11.9. The Bertz CT molecular complexity index is 475. The average molecular weight is 409 g/mol. The second kappa shape index (κ2) is 8.36. The molecule has 0 aromatic carbocycles. The fourth-order valence-electron chi connectivity index (χ4n) is 1.58. The summed E-state index contributed by atoms with van der Waals surface area (Å²) < 4.78 is 11.2. The molecule has 0 aliphatic rings. The molecule has 0 amide bonds. The minimum Gasteiger partial charge on any atom is -0.465 e. The minimum atomic E-state index is -0.984. The van der Waals surface area contributed by atoms with Gasteiger partial charge in [0.1, 0.15) is 4.60 Å². The number of halogens is 2. The number of rotatable bonds is 6. The van der Waals surface area contributed by atoms with Gasteiger partial charge in [-0.15, -0.1) is 0 Å². The van der Waals surface area contributed by atoms with Crippen molar-refractivity contribution in [2.24, 2.45) is 5.92 Å². The van der Waals surface area contributed by atoms with Gasteiger partial charge >= 0.3 is 11.9 Å². The number of carbonyl (C=O) groups is 2. The fourth-order valence-corrected chi connectivity index (χ4v) is 2.33. The molecule has 0 radical (unpaired) electrons. The number of pyridine rings is 1. The molecule has 0 aliphatic carbocycles. The van der Waals surface area contributed by atoms with Crippen LogP contribution in [0, 0.1) is 5.92 Å². The second-order valence-corrected chi connectivity index (χ2v) is 5.53. The number of carbonyl (C=O) groups excluding carboxylic acids is 2. The number of ether oxygens (including phenoxy) is 2.